The molecule has 1 fully saturated rings. The molecule has 1 unspecified atom stereocenters. The highest BCUT2D eigenvalue weighted by atomic mass is 32.1. The highest BCUT2D eigenvalue weighted by Crippen LogP contribution is 2.66. The molecule has 1 amide bonds. The van der Waals surface area contributed by atoms with Gasteiger partial charge in [0.05, 0.1) is 16.5 Å². The second-order valence-electron chi connectivity index (χ2n) is 7.71. The van der Waals surface area contributed by atoms with Gasteiger partial charge in [-0.05, 0) is 66.1 Å². The lowest BCUT2D eigenvalue weighted by molar-refractivity contribution is 0.102. The van der Waals surface area contributed by atoms with Crippen LogP contribution in [0.5, 0.6) is 0 Å². The summed E-state index contributed by atoms with van der Waals surface area (Å²) in [5.41, 5.74) is 9.62. The molecule has 1 aliphatic carbocycles. The molecule has 1 aromatic heterocycles. The van der Waals surface area contributed by atoms with Gasteiger partial charge in [0, 0.05) is 17.1 Å². The lowest BCUT2D eigenvalue weighted by Crippen LogP contribution is -2.15. The molecule has 0 spiro atoms. The molecule has 0 aliphatic heterocycles. The van der Waals surface area contributed by atoms with Gasteiger partial charge in [0.15, 0.2) is 0 Å². The third-order valence-corrected chi connectivity index (χ3v) is 8.85. The van der Waals surface area contributed by atoms with Crippen LogP contribution in [0.3, 0.4) is 0 Å². The van der Waals surface area contributed by atoms with Crippen LogP contribution in [0.2, 0.25) is 0 Å². The number of nitrogens with one attached hydrogen (secondary N) is 1. The third-order valence-electron chi connectivity index (χ3n) is 5.56. The normalized spacial score (nSPS) is 16.8. The molecule has 1 saturated carbocycles. The summed E-state index contributed by atoms with van der Waals surface area (Å²) in [5.74, 6) is -0.240. The molecule has 1 heterocycles. The molecule has 3 aromatic rings. The van der Waals surface area contributed by atoms with Gasteiger partial charge in [-0.1, -0.05) is 24.3 Å². The van der Waals surface area contributed by atoms with Crippen LogP contribution < -0.4 is 11.1 Å². The van der Waals surface area contributed by atoms with E-state index in [1.54, 1.807) is 29.5 Å². The Bertz CT molecular complexity index is 1080. The van der Waals surface area contributed by atoms with Crippen LogP contribution >= 0.6 is 18.7 Å². The minimum atomic E-state index is -3.12. The Morgan fingerprint density at radius 1 is 1.21 bits per heavy atom. The minimum absolute atomic E-state index is 0.240. The van der Waals surface area contributed by atoms with Gasteiger partial charge in [0.1, 0.15) is 0 Å². The van der Waals surface area contributed by atoms with Crippen molar-refractivity contribution in [1.82, 2.24) is 0 Å². The van der Waals surface area contributed by atoms with Crippen molar-refractivity contribution in [3.8, 4) is 10.4 Å². The first kappa shape index (κ1) is 19.9. The number of hydrogen-bond acceptors (Lipinski definition) is 4. The second kappa shape index (κ2) is 7.45. The summed E-state index contributed by atoms with van der Waals surface area (Å²) in [6.45, 7) is 1.44. The summed E-state index contributed by atoms with van der Waals surface area (Å²) in [6, 6.07) is 16.8. The molecule has 0 saturated heterocycles. The highest BCUT2D eigenvalue weighted by Gasteiger charge is 2.53. The molecule has 1 aliphatic rings. The highest BCUT2D eigenvalue weighted by molar-refractivity contribution is 7.59. The van der Waals surface area contributed by atoms with E-state index in [0.717, 1.165) is 28.8 Å². The quantitative estimate of drug-likeness (QED) is 0.372. The smallest absolute Gasteiger partial charge is 0.255 e. The molecule has 4 rings (SSSR count). The van der Waals surface area contributed by atoms with Crippen LogP contribution in [0.25, 0.3) is 10.4 Å². The largest absolute Gasteiger partial charge is 0.397 e. The van der Waals surface area contributed by atoms with Crippen molar-refractivity contribution in [2.24, 2.45) is 0 Å². The molecule has 2 aromatic carbocycles. The Hall–Kier alpha value is -2.40. The molecule has 29 heavy (non-hydrogen) atoms. The molecule has 1 atom stereocenters. The number of carbonyl (C=O) groups excluding carboxylic acids is 1. The minimum Gasteiger partial charge on any atom is -0.397 e. The summed E-state index contributed by atoms with van der Waals surface area (Å²) in [4.78, 5) is 23.8. The van der Waals surface area contributed by atoms with Crippen molar-refractivity contribution in [3.63, 3.8) is 0 Å². The molecule has 4 N–H and O–H groups in total. The number of nitrogens with two attached hydrogens (primary N) is 1. The van der Waals surface area contributed by atoms with Crippen molar-refractivity contribution >= 4 is 36.0 Å². The van der Waals surface area contributed by atoms with Crippen LogP contribution in [0.4, 0.5) is 11.4 Å². The van der Waals surface area contributed by atoms with Gasteiger partial charge in [0.25, 0.3) is 5.91 Å². The first-order valence-corrected chi connectivity index (χ1v) is 12.4. The van der Waals surface area contributed by atoms with Crippen molar-refractivity contribution in [3.05, 3.63) is 71.1 Å². The molecule has 0 bridgehead atoms. The first-order chi connectivity index (χ1) is 13.8. The number of rotatable bonds is 6. The molecule has 5 nitrogen and oxygen atoms in total. The van der Waals surface area contributed by atoms with Gasteiger partial charge in [-0.25, -0.2) is 0 Å². The van der Waals surface area contributed by atoms with Gasteiger partial charge < -0.3 is 15.9 Å². The van der Waals surface area contributed by atoms with Crippen molar-refractivity contribution < 1.29 is 14.3 Å². The Morgan fingerprint density at radius 3 is 2.52 bits per heavy atom. The van der Waals surface area contributed by atoms with Crippen LogP contribution in [0, 0.1) is 0 Å². The fourth-order valence-corrected chi connectivity index (χ4v) is 5.63. The third kappa shape index (κ3) is 4.15. The van der Waals surface area contributed by atoms with Crippen LogP contribution in [-0.4, -0.2) is 22.6 Å². The Morgan fingerprint density at radius 2 is 1.93 bits per heavy atom. The van der Waals surface area contributed by atoms with E-state index < -0.39 is 12.5 Å². The number of hydrogen-bond donors (Lipinski definition) is 3. The maximum atomic E-state index is 12.7. The Balaban J connectivity index is 1.48. The fourth-order valence-electron chi connectivity index (χ4n) is 3.49. The topological polar surface area (TPSA) is 92.4 Å². The van der Waals surface area contributed by atoms with E-state index in [2.05, 4.69) is 5.32 Å². The zero-order valence-electron chi connectivity index (χ0n) is 16.1. The van der Waals surface area contributed by atoms with Crippen LogP contribution in [0.15, 0.2) is 60.0 Å². The average molecular weight is 426 g/mol. The maximum absolute atomic E-state index is 12.7. The van der Waals surface area contributed by atoms with Gasteiger partial charge in [-0.3, -0.25) is 9.36 Å². The number of carbonyl (C=O) groups is 1. The van der Waals surface area contributed by atoms with E-state index in [9.17, 15) is 14.3 Å². The van der Waals surface area contributed by atoms with Gasteiger partial charge >= 0.3 is 0 Å². The monoisotopic (exact) mass is 426 g/mol. The number of amides is 1. The summed E-state index contributed by atoms with van der Waals surface area (Å²) < 4.78 is 12.1. The van der Waals surface area contributed by atoms with E-state index in [0.29, 0.717) is 23.4 Å². The van der Waals surface area contributed by atoms with Crippen LogP contribution in [-0.2, 0) is 11.0 Å². The molecular weight excluding hydrogens is 403 g/mol. The Kier molecular flexibility index (Phi) is 5.11. The van der Waals surface area contributed by atoms with E-state index >= 15 is 0 Å². The van der Waals surface area contributed by atoms with E-state index in [-0.39, 0.29) is 5.91 Å². The van der Waals surface area contributed by atoms with Gasteiger partial charge in [-0.15, -0.1) is 11.3 Å². The molecule has 0 radical (unpaired) electrons. The number of nitrogen functional groups attached to an aromatic ring is 1. The maximum Gasteiger partial charge on any atom is 0.255 e. The zero-order chi connectivity index (χ0) is 20.6. The lowest BCUT2D eigenvalue weighted by Gasteiger charge is -2.18. The zero-order valence-corrected chi connectivity index (χ0v) is 17.8. The number of anilines is 2. The molecule has 7 heteroatoms. The summed E-state index contributed by atoms with van der Waals surface area (Å²) in [7, 11) is -3.12. The van der Waals surface area contributed by atoms with E-state index in [1.165, 1.54) is 6.66 Å². The van der Waals surface area contributed by atoms with Crippen LogP contribution in [0.1, 0.15) is 28.8 Å². The van der Waals surface area contributed by atoms with Crippen molar-refractivity contribution in [1.29, 1.82) is 0 Å². The van der Waals surface area contributed by atoms with E-state index in [1.807, 2.05) is 41.8 Å². The van der Waals surface area contributed by atoms with Gasteiger partial charge in [0.2, 0.25) is 7.37 Å². The number of thiophene rings is 1. The number of benzene rings is 2. The SMILES string of the molecule is CP(=O)(O)C1(Cc2ccc(C(=O)Nc3cc(-c4cccs4)ccc3N)cc2)CC1. The molecular formula is C22H23N2O3PS. The van der Waals surface area contributed by atoms with Crippen molar-refractivity contribution in [2.45, 2.75) is 24.4 Å². The second-order valence-corrected chi connectivity index (χ2v) is 11.4. The standard InChI is InChI=1S/C22H23N2O3PS/c1-28(26,27)22(10-11-22)14-15-4-6-16(7-5-15)21(25)24-19-13-17(8-9-18(19)23)20-3-2-12-29-20/h2-9,12-13H,10-11,14,23H2,1H3,(H,24,25)(H,26,27). The van der Waals surface area contributed by atoms with E-state index in [4.69, 9.17) is 5.73 Å². The van der Waals surface area contributed by atoms with Gasteiger partial charge in [-0.2, -0.15) is 0 Å². The first-order valence-electron chi connectivity index (χ1n) is 9.41. The lowest BCUT2D eigenvalue weighted by atomic mass is 10.1. The average Bonchev–Trinajstić information content (AvgIpc) is 3.27. The Labute approximate surface area is 174 Å². The predicted molar refractivity (Wildman–Crippen MR) is 120 cm³/mol. The predicted octanol–water partition coefficient (Wildman–Crippen LogP) is 5.22. The fraction of sp³-hybridized carbons (Fsp3) is 0.227. The molecule has 150 valence electrons. The summed E-state index contributed by atoms with van der Waals surface area (Å²) in [6.07, 6.45) is 2.12. The summed E-state index contributed by atoms with van der Waals surface area (Å²) in [5, 5.41) is 4.42. The van der Waals surface area contributed by atoms with Crippen molar-refractivity contribution in [2.75, 3.05) is 17.7 Å². The summed E-state index contributed by atoms with van der Waals surface area (Å²) >= 11 is 1.63.